The zero-order valence-corrected chi connectivity index (χ0v) is 17.8. The number of aromatic nitrogens is 4. The van der Waals surface area contributed by atoms with Crippen molar-refractivity contribution >= 4 is 22.7 Å². The Morgan fingerprint density at radius 1 is 1.09 bits per heavy atom. The van der Waals surface area contributed by atoms with Gasteiger partial charge in [-0.3, -0.25) is 9.36 Å². The SMILES string of the molecule is O=c1c2cc(F)c(F)cc2nc(SCc2nc(-c3ccc(OC(F)(F)F)cc3)no2)n1C1CC1. The van der Waals surface area contributed by atoms with Gasteiger partial charge in [0.1, 0.15) is 5.75 Å². The molecule has 0 aliphatic heterocycles. The third kappa shape index (κ3) is 4.60. The van der Waals surface area contributed by atoms with Crippen LogP contribution in [0.1, 0.15) is 24.8 Å². The number of benzene rings is 2. The maximum Gasteiger partial charge on any atom is 0.573 e. The average molecular weight is 496 g/mol. The van der Waals surface area contributed by atoms with E-state index in [4.69, 9.17) is 4.52 Å². The van der Waals surface area contributed by atoms with Gasteiger partial charge in [0.25, 0.3) is 5.56 Å². The van der Waals surface area contributed by atoms with Crippen LogP contribution in [-0.4, -0.2) is 26.1 Å². The van der Waals surface area contributed by atoms with Gasteiger partial charge in [0, 0.05) is 17.7 Å². The highest BCUT2D eigenvalue weighted by Gasteiger charge is 2.31. The van der Waals surface area contributed by atoms with E-state index in [0.29, 0.717) is 10.7 Å². The van der Waals surface area contributed by atoms with Crippen LogP contribution in [0, 0.1) is 11.6 Å². The molecule has 2 aromatic heterocycles. The van der Waals surface area contributed by atoms with Crippen molar-refractivity contribution in [2.45, 2.75) is 36.2 Å². The van der Waals surface area contributed by atoms with Crippen LogP contribution in [0.25, 0.3) is 22.3 Å². The minimum atomic E-state index is -4.80. The Hall–Kier alpha value is -3.48. The Morgan fingerprint density at radius 2 is 1.79 bits per heavy atom. The summed E-state index contributed by atoms with van der Waals surface area (Å²) in [5.74, 6) is -2.16. The number of alkyl halides is 3. The number of hydrogen-bond donors (Lipinski definition) is 0. The van der Waals surface area contributed by atoms with E-state index in [1.165, 1.54) is 16.7 Å². The topological polar surface area (TPSA) is 83.0 Å². The first kappa shape index (κ1) is 22.3. The summed E-state index contributed by atoms with van der Waals surface area (Å²) in [6.45, 7) is 0. The molecule has 1 saturated carbocycles. The molecule has 4 aromatic rings. The number of halogens is 5. The lowest BCUT2D eigenvalue weighted by Crippen LogP contribution is -2.22. The summed E-state index contributed by atoms with van der Waals surface area (Å²) in [5, 5.41) is 4.12. The van der Waals surface area contributed by atoms with Crippen LogP contribution < -0.4 is 10.3 Å². The second-order valence-corrected chi connectivity index (χ2v) is 8.40. The number of nitrogens with zero attached hydrogens (tertiary/aromatic N) is 4. The van der Waals surface area contributed by atoms with E-state index < -0.39 is 23.6 Å². The summed E-state index contributed by atoms with van der Waals surface area (Å²) >= 11 is 1.12. The van der Waals surface area contributed by atoms with E-state index in [9.17, 15) is 26.7 Å². The van der Waals surface area contributed by atoms with E-state index >= 15 is 0 Å². The average Bonchev–Trinajstić information content (AvgIpc) is 3.49. The molecule has 5 rings (SSSR count). The van der Waals surface area contributed by atoms with Crippen LogP contribution in [0.2, 0.25) is 0 Å². The quantitative estimate of drug-likeness (QED) is 0.205. The van der Waals surface area contributed by atoms with Gasteiger partial charge < -0.3 is 9.26 Å². The van der Waals surface area contributed by atoms with Crippen molar-refractivity contribution in [1.29, 1.82) is 0 Å². The van der Waals surface area contributed by atoms with E-state index in [-0.39, 0.29) is 40.2 Å². The zero-order chi connectivity index (χ0) is 24.0. The molecule has 0 radical (unpaired) electrons. The minimum Gasteiger partial charge on any atom is -0.406 e. The van der Waals surface area contributed by atoms with Crippen LogP contribution in [0.3, 0.4) is 0 Å². The highest BCUT2D eigenvalue weighted by Crippen LogP contribution is 2.37. The highest BCUT2D eigenvalue weighted by atomic mass is 32.2. The minimum absolute atomic E-state index is 0.00632. The van der Waals surface area contributed by atoms with Crippen molar-refractivity contribution in [3.8, 4) is 17.1 Å². The standard InChI is InChI=1S/C21H13F5N4O3S/c22-14-7-13-16(8-15(14)23)27-20(30(19(13)31)11-3-4-11)34-9-17-28-18(29-33-17)10-1-5-12(6-2-10)32-21(24,25)26/h1-2,5-8,11H,3-4,9H2. The Bertz CT molecular complexity index is 1430. The molecular weight excluding hydrogens is 483 g/mol. The predicted octanol–water partition coefficient (Wildman–Crippen LogP) is 5.25. The number of fused-ring (bicyclic) bond motifs is 1. The lowest BCUT2D eigenvalue weighted by atomic mass is 10.2. The predicted molar refractivity (Wildman–Crippen MR) is 110 cm³/mol. The summed E-state index contributed by atoms with van der Waals surface area (Å²) in [5.41, 5.74) is -0.0114. The van der Waals surface area contributed by atoms with Gasteiger partial charge in [0.15, 0.2) is 16.8 Å². The summed E-state index contributed by atoms with van der Waals surface area (Å²) in [4.78, 5) is 21.5. The van der Waals surface area contributed by atoms with Crippen molar-refractivity contribution in [2.24, 2.45) is 0 Å². The molecule has 2 aromatic carbocycles. The molecule has 0 saturated heterocycles. The number of hydrogen-bond acceptors (Lipinski definition) is 7. The number of ether oxygens (including phenoxy) is 1. The molecule has 34 heavy (non-hydrogen) atoms. The molecule has 1 fully saturated rings. The molecule has 176 valence electrons. The first-order valence-corrected chi connectivity index (χ1v) is 10.9. The van der Waals surface area contributed by atoms with E-state index in [0.717, 1.165) is 48.9 Å². The smallest absolute Gasteiger partial charge is 0.406 e. The lowest BCUT2D eigenvalue weighted by Gasteiger charge is -2.11. The van der Waals surface area contributed by atoms with E-state index in [1.54, 1.807) is 0 Å². The highest BCUT2D eigenvalue weighted by molar-refractivity contribution is 7.98. The molecule has 0 bridgehead atoms. The Labute approximate surface area is 191 Å². The molecule has 1 aliphatic rings. The van der Waals surface area contributed by atoms with Crippen molar-refractivity contribution in [3.05, 3.63) is 64.3 Å². The molecule has 0 spiro atoms. The first-order chi connectivity index (χ1) is 16.2. The molecule has 7 nitrogen and oxygen atoms in total. The van der Waals surface area contributed by atoms with E-state index in [1.807, 2.05) is 0 Å². The van der Waals surface area contributed by atoms with Gasteiger partial charge in [-0.05, 0) is 43.2 Å². The van der Waals surface area contributed by atoms with Gasteiger partial charge in [0.05, 0.1) is 16.7 Å². The summed E-state index contributed by atoms with van der Waals surface area (Å²) in [6, 6.07) is 6.62. The van der Waals surface area contributed by atoms with Gasteiger partial charge in [-0.1, -0.05) is 16.9 Å². The molecule has 0 amide bonds. The van der Waals surface area contributed by atoms with Crippen molar-refractivity contribution in [3.63, 3.8) is 0 Å². The fraction of sp³-hybridized carbons (Fsp3) is 0.238. The van der Waals surface area contributed by atoms with Gasteiger partial charge >= 0.3 is 6.36 Å². The van der Waals surface area contributed by atoms with Crippen LogP contribution >= 0.6 is 11.8 Å². The maximum atomic E-state index is 13.7. The van der Waals surface area contributed by atoms with Gasteiger partial charge in [0.2, 0.25) is 11.7 Å². The van der Waals surface area contributed by atoms with Crippen molar-refractivity contribution in [1.82, 2.24) is 19.7 Å². The van der Waals surface area contributed by atoms with Crippen LogP contribution in [0.15, 0.2) is 50.9 Å². The molecular formula is C21H13F5N4O3S. The van der Waals surface area contributed by atoms with E-state index in [2.05, 4.69) is 19.9 Å². The Balaban J connectivity index is 1.37. The fourth-order valence-corrected chi connectivity index (χ4v) is 4.20. The summed E-state index contributed by atoms with van der Waals surface area (Å²) in [6.07, 6.45) is -3.26. The largest absolute Gasteiger partial charge is 0.573 e. The second kappa shape index (κ2) is 8.38. The summed E-state index contributed by atoms with van der Waals surface area (Å²) in [7, 11) is 0. The molecule has 13 heteroatoms. The zero-order valence-electron chi connectivity index (χ0n) is 17.0. The van der Waals surface area contributed by atoms with Crippen LogP contribution in [-0.2, 0) is 5.75 Å². The molecule has 2 heterocycles. The molecule has 0 atom stereocenters. The monoisotopic (exact) mass is 496 g/mol. The van der Waals surface area contributed by atoms with Crippen molar-refractivity contribution < 1.29 is 31.2 Å². The first-order valence-electron chi connectivity index (χ1n) is 9.91. The Morgan fingerprint density at radius 3 is 2.47 bits per heavy atom. The molecule has 0 unspecified atom stereocenters. The Kier molecular flexibility index (Phi) is 5.50. The fourth-order valence-electron chi connectivity index (χ4n) is 3.29. The maximum absolute atomic E-state index is 13.7. The van der Waals surface area contributed by atoms with Crippen LogP contribution in [0.5, 0.6) is 5.75 Å². The normalized spacial score (nSPS) is 14.0. The van der Waals surface area contributed by atoms with Gasteiger partial charge in [-0.15, -0.1) is 13.2 Å². The number of rotatable bonds is 6. The second-order valence-electron chi connectivity index (χ2n) is 7.46. The number of thioether (sulfide) groups is 1. The molecule has 1 aliphatic carbocycles. The van der Waals surface area contributed by atoms with Crippen LogP contribution in [0.4, 0.5) is 22.0 Å². The third-order valence-electron chi connectivity index (χ3n) is 4.96. The summed E-state index contributed by atoms with van der Waals surface area (Å²) < 4.78 is 74.7. The third-order valence-corrected chi connectivity index (χ3v) is 5.90. The molecule has 0 N–H and O–H groups in total. The van der Waals surface area contributed by atoms with Gasteiger partial charge in [-0.2, -0.15) is 4.98 Å². The van der Waals surface area contributed by atoms with Gasteiger partial charge in [-0.25, -0.2) is 13.8 Å². The van der Waals surface area contributed by atoms with Crippen molar-refractivity contribution in [2.75, 3.05) is 0 Å². The lowest BCUT2D eigenvalue weighted by molar-refractivity contribution is -0.274.